The fraction of sp³-hybridized carbons (Fsp3) is 0.556. The van der Waals surface area contributed by atoms with Crippen LogP contribution in [0.4, 0.5) is 11.6 Å². The summed E-state index contributed by atoms with van der Waals surface area (Å²) >= 11 is 0. The van der Waals surface area contributed by atoms with Crippen LogP contribution in [0.25, 0.3) is 0 Å². The van der Waals surface area contributed by atoms with E-state index in [2.05, 4.69) is 15.3 Å². The number of aromatic nitrogens is 2. The molecule has 3 N–H and O–H groups in total. The van der Waals surface area contributed by atoms with Crippen molar-refractivity contribution in [2.45, 2.75) is 18.9 Å². The Morgan fingerprint density at radius 2 is 2.25 bits per heavy atom. The average molecular weight is 242 g/mol. The normalized spacial score (nSPS) is 27.8. The molecule has 0 spiro atoms. The minimum Gasteiger partial charge on any atom is -0.382 e. The molecule has 2 heterocycles. The third kappa shape index (κ3) is 2.41. The lowest BCUT2D eigenvalue weighted by Gasteiger charge is -2.24. The fourth-order valence-electron chi connectivity index (χ4n) is 1.86. The molecule has 0 bridgehead atoms. The summed E-state index contributed by atoms with van der Waals surface area (Å²) in [7, 11) is -2.93. The number of sulfone groups is 1. The highest BCUT2D eigenvalue weighted by Gasteiger charge is 2.38. The maximum absolute atomic E-state index is 11.4. The summed E-state index contributed by atoms with van der Waals surface area (Å²) < 4.78 is 22.8. The third-order valence-corrected chi connectivity index (χ3v) is 4.49. The highest BCUT2D eigenvalue weighted by atomic mass is 32.2. The van der Waals surface area contributed by atoms with Crippen LogP contribution in [0.3, 0.4) is 0 Å². The summed E-state index contributed by atoms with van der Waals surface area (Å²) in [6.45, 7) is 1.86. The van der Waals surface area contributed by atoms with Crippen molar-refractivity contribution in [2.75, 3.05) is 22.6 Å². The molecule has 16 heavy (non-hydrogen) atoms. The quantitative estimate of drug-likeness (QED) is 0.760. The van der Waals surface area contributed by atoms with Gasteiger partial charge in [0.1, 0.15) is 11.6 Å². The van der Waals surface area contributed by atoms with Crippen molar-refractivity contribution < 1.29 is 8.42 Å². The van der Waals surface area contributed by atoms with Crippen molar-refractivity contribution in [3.05, 3.63) is 12.4 Å². The number of hydrogen-bond donors (Lipinski definition) is 2. The first-order valence-corrected chi connectivity index (χ1v) is 6.77. The number of nitrogens with two attached hydrogens (primary N) is 1. The smallest absolute Gasteiger partial charge is 0.152 e. The highest BCUT2D eigenvalue weighted by molar-refractivity contribution is 7.91. The lowest BCUT2D eigenvalue weighted by Crippen LogP contribution is -2.36. The van der Waals surface area contributed by atoms with Crippen molar-refractivity contribution in [1.82, 2.24) is 9.97 Å². The van der Waals surface area contributed by atoms with Crippen molar-refractivity contribution in [3.63, 3.8) is 0 Å². The molecule has 1 aliphatic rings. The van der Waals surface area contributed by atoms with E-state index in [9.17, 15) is 8.42 Å². The molecule has 1 unspecified atom stereocenters. The Balaban J connectivity index is 2.16. The van der Waals surface area contributed by atoms with Crippen LogP contribution >= 0.6 is 0 Å². The van der Waals surface area contributed by atoms with Gasteiger partial charge < -0.3 is 11.1 Å². The minimum atomic E-state index is -2.93. The van der Waals surface area contributed by atoms with Gasteiger partial charge in [-0.05, 0) is 13.3 Å². The Morgan fingerprint density at radius 1 is 1.50 bits per heavy atom. The van der Waals surface area contributed by atoms with Crippen LogP contribution in [0.1, 0.15) is 13.3 Å². The molecule has 6 nitrogen and oxygen atoms in total. The van der Waals surface area contributed by atoms with E-state index in [1.807, 2.05) is 6.92 Å². The average Bonchev–Trinajstić information content (AvgIpc) is 2.40. The highest BCUT2D eigenvalue weighted by Crippen LogP contribution is 2.26. The molecule has 0 saturated carbocycles. The second-order valence-electron chi connectivity index (χ2n) is 4.36. The second-order valence-corrected chi connectivity index (χ2v) is 6.54. The van der Waals surface area contributed by atoms with E-state index >= 15 is 0 Å². The van der Waals surface area contributed by atoms with Crippen molar-refractivity contribution >= 4 is 21.5 Å². The number of hydrogen-bond acceptors (Lipinski definition) is 6. The first kappa shape index (κ1) is 11.1. The molecule has 0 aliphatic carbocycles. The van der Waals surface area contributed by atoms with Gasteiger partial charge in [0.25, 0.3) is 0 Å². The van der Waals surface area contributed by atoms with Crippen LogP contribution in [0, 0.1) is 0 Å². The molecule has 1 aliphatic heterocycles. The SMILES string of the molecule is CC1(Nc2cncc(N)n2)CCS(=O)(=O)C1. The van der Waals surface area contributed by atoms with Crippen LogP contribution in [0.15, 0.2) is 12.4 Å². The lowest BCUT2D eigenvalue weighted by atomic mass is 10.0. The molecule has 0 aromatic carbocycles. The van der Waals surface area contributed by atoms with Gasteiger partial charge in [-0.25, -0.2) is 13.4 Å². The minimum absolute atomic E-state index is 0.122. The summed E-state index contributed by atoms with van der Waals surface area (Å²) in [5, 5.41) is 3.08. The van der Waals surface area contributed by atoms with Crippen LogP contribution in [0.5, 0.6) is 0 Å². The van der Waals surface area contributed by atoms with Gasteiger partial charge in [0.15, 0.2) is 9.84 Å². The van der Waals surface area contributed by atoms with E-state index < -0.39 is 15.4 Å². The van der Waals surface area contributed by atoms with Crippen LogP contribution in [0.2, 0.25) is 0 Å². The molecule has 1 aromatic rings. The van der Waals surface area contributed by atoms with Gasteiger partial charge in [-0.1, -0.05) is 0 Å². The number of nitrogens with one attached hydrogen (secondary N) is 1. The van der Waals surface area contributed by atoms with Crippen LogP contribution in [-0.2, 0) is 9.84 Å². The Morgan fingerprint density at radius 3 is 2.81 bits per heavy atom. The summed E-state index contributed by atoms with van der Waals surface area (Å²) in [5.74, 6) is 1.16. The first-order chi connectivity index (χ1) is 7.39. The van der Waals surface area contributed by atoms with Crippen molar-refractivity contribution in [3.8, 4) is 0 Å². The fourth-order valence-corrected chi connectivity index (χ4v) is 3.95. The van der Waals surface area contributed by atoms with Crippen molar-refractivity contribution in [1.29, 1.82) is 0 Å². The van der Waals surface area contributed by atoms with Crippen LogP contribution < -0.4 is 11.1 Å². The number of nitrogens with zero attached hydrogens (tertiary/aromatic N) is 2. The van der Waals surface area contributed by atoms with Crippen molar-refractivity contribution in [2.24, 2.45) is 0 Å². The Kier molecular flexibility index (Phi) is 2.49. The predicted molar refractivity (Wildman–Crippen MR) is 61.7 cm³/mol. The Labute approximate surface area is 94.2 Å². The molecular weight excluding hydrogens is 228 g/mol. The molecule has 88 valence electrons. The summed E-state index contributed by atoms with van der Waals surface area (Å²) in [5.41, 5.74) is 5.03. The monoisotopic (exact) mass is 242 g/mol. The van der Waals surface area contributed by atoms with E-state index in [0.717, 1.165) is 0 Å². The third-order valence-electron chi connectivity index (χ3n) is 2.59. The van der Waals surface area contributed by atoms with E-state index in [-0.39, 0.29) is 11.5 Å². The zero-order valence-corrected chi connectivity index (χ0v) is 9.79. The summed E-state index contributed by atoms with van der Waals surface area (Å²) in [6, 6.07) is 0. The first-order valence-electron chi connectivity index (χ1n) is 4.95. The lowest BCUT2D eigenvalue weighted by molar-refractivity contribution is 0.571. The molecule has 7 heteroatoms. The molecule has 0 radical (unpaired) electrons. The number of nitrogen functional groups attached to an aromatic ring is 1. The number of anilines is 2. The predicted octanol–water partition coefficient (Wildman–Crippen LogP) is 0.0479. The molecule has 1 fully saturated rings. The number of rotatable bonds is 2. The largest absolute Gasteiger partial charge is 0.382 e. The summed E-state index contributed by atoms with van der Waals surface area (Å²) in [6.07, 6.45) is 3.55. The topological polar surface area (TPSA) is 98.0 Å². The van der Waals surface area contributed by atoms with Gasteiger partial charge in [-0.3, -0.25) is 4.98 Å². The van der Waals surface area contributed by atoms with Gasteiger partial charge in [-0.15, -0.1) is 0 Å². The molecular formula is C9H14N4O2S. The molecule has 2 rings (SSSR count). The van der Waals surface area contributed by atoms with Crippen LogP contribution in [-0.4, -0.2) is 35.4 Å². The molecule has 0 amide bonds. The Hall–Kier alpha value is -1.37. The second kappa shape index (κ2) is 3.58. The van der Waals surface area contributed by atoms with Gasteiger partial charge in [-0.2, -0.15) is 0 Å². The van der Waals surface area contributed by atoms with E-state index in [1.54, 1.807) is 0 Å². The zero-order chi connectivity index (χ0) is 11.8. The van der Waals surface area contributed by atoms with E-state index in [0.29, 0.717) is 18.1 Å². The molecule has 1 atom stereocenters. The van der Waals surface area contributed by atoms with Gasteiger partial charge in [0.05, 0.1) is 29.4 Å². The van der Waals surface area contributed by atoms with Gasteiger partial charge in [0, 0.05) is 0 Å². The zero-order valence-electron chi connectivity index (χ0n) is 8.97. The standard InChI is InChI=1S/C9H14N4O2S/c1-9(2-3-16(14,15)6-9)13-8-5-11-4-7(10)12-8/h4-5H,2-3,6H2,1H3,(H3,10,12,13). The molecule has 1 saturated heterocycles. The van der Waals surface area contributed by atoms with E-state index in [4.69, 9.17) is 5.73 Å². The van der Waals surface area contributed by atoms with Gasteiger partial charge >= 0.3 is 0 Å². The maximum atomic E-state index is 11.4. The summed E-state index contributed by atoms with van der Waals surface area (Å²) in [4.78, 5) is 7.93. The maximum Gasteiger partial charge on any atom is 0.152 e. The Bertz CT molecular complexity index is 502. The van der Waals surface area contributed by atoms with E-state index in [1.165, 1.54) is 12.4 Å². The van der Waals surface area contributed by atoms with Gasteiger partial charge in [0.2, 0.25) is 0 Å². The molecule has 1 aromatic heterocycles.